The highest BCUT2D eigenvalue weighted by molar-refractivity contribution is 5.96. The maximum atomic E-state index is 12.6. The van der Waals surface area contributed by atoms with Gasteiger partial charge in [0, 0.05) is 18.0 Å². The largest absolute Gasteiger partial charge is 0.493 e. The number of carbonyl (C=O) groups excluding carboxylic acids is 2. The van der Waals surface area contributed by atoms with E-state index in [1.54, 1.807) is 13.0 Å². The van der Waals surface area contributed by atoms with Gasteiger partial charge in [-0.25, -0.2) is 0 Å². The van der Waals surface area contributed by atoms with Gasteiger partial charge in [-0.15, -0.1) is 0 Å². The first-order valence-corrected chi connectivity index (χ1v) is 7.25. The summed E-state index contributed by atoms with van der Waals surface area (Å²) in [6, 6.07) is 5.34. The summed E-state index contributed by atoms with van der Waals surface area (Å²) >= 11 is 0. The summed E-state index contributed by atoms with van der Waals surface area (Å²) in [5.74, 6) is 0.296. The molecular weight excluding hydrogens is 270 g/mol. The summed E-state index contributed by atoms with van der Waals surface area (Å²) in [4.78, 5) is 25.8. The van der Waals surface area contributed by atoms with Crippen LogP contribution in [0.1, 0.15) is 36.7 Å². The summed E-state index contributed by atoms with van der Waals surface area (Å²) in [6.07, 6.45) is 0.815. The lowest BCUT2D eigenvalue weighted by Crippen LogP contribution is -2.41. The van der Waals surface area contributed by atoms with E-state index in [1.807, 2.05) is 26.0 Å². The Morgan fingerprint density at radius 3 is 2.81 bits per heavy atom. The molecule has 2 rings (SSSR count). The molecule has 1 amide bonds. The molecular formula is C16H21NO4. The molecule has 21 heavy (non-hydrogen) atoms. The predicted octanol–water partition coefficient (Wildman–Crippen LogP) is 2.04. The lowest BCUT2D eigenvalue weighted by molar-refractivity contribution is -0.144. The number of hydrogen-bond donors (Lipinski definition) is 0. The molecule has 1 aliphatic rings. The van der Waals surface area contributed by atoms with Gasteiger partial charge in [-0.3, -0.25) is 9.59 Å². The Labute approximate surface area is 124 Å². The Kier molecular flexibility index (Phi) is 4.83. The number of amides is 1. The van der Waals surface area contributed by atoms with Crippen molar-refractivity contribution in [2.75, 3.05) is 19.8 Å². The second-order valence-electron chi connectivity index (χ2n) is 5.25. The van der Waals surface area contributed by atoms with E-state index in [-0.39, 0.29) is 24.5 Å². The van der Waals surface area contributed by atoms with Gasteiger partial charge in [-0.2, -0.15) is 0 Å². The molecule has 0 spiro atoms. The van der Waals surface area contributed by atoms with Crippen molar-refractivity contribution in [3.8, 4) is 5.75 Å². The second kappa shape index (κ2) is 6.61. The highest BCUT2D eigenvalue weighted by Crippen LogP contribution is 2.26. The summed E-state index contributed by atoms with van der Waals surface area (Å²) < 4.78 is 10.4. The number of rotatable bonds is 5. The number of hydrogen-bond acceptors (Lipinski definition) is 4. The Bertz CT molecular complexity index is 539. The van der Waals surface area contributed by atoms with Crippen molar-refractivity contribution in [3.05, 3.63) is 29.3 Å². The third-order valence-electron chi connectivity index (χ3n) is 3.43. The quantitative estimate of drug-likeness (QED) is 0.779. The summed E-state index contributed by atoms with van der Waals surface area (Å²) in [6.45, 7) is 6.46. The zero-order chi connectivity index (χ0) is 15.4. The maximum absolute atomic E-state index is 12.6. The minimum absolute atomic E-state index is 0.0298. The van der Waals surface area contributed by atoms with Gasteiger partial charge in [-0.05, 0) is 44.5 Å². The number of nitrogens with zero attached hydrogens (tertiary/aromatic N) is 1. The van der Waals surface area contributed by atoms with Gasteiger partial charge in [0.25, 0.3) is 5.91 Å². The minimum atomic E-state index is -0.385. The highest BCUT2D eigenvalue weighted by Gasteiger charge is 2.23. The summed E-state index contributed by atoms with van der Waals surface area (Å²) in [7, 11) is 0. The van der Waals surface area contributed by atoms with E-state index in [4.69, 9.17) is 9.47 Å². The van der Waals surface area contributed by atoms with Crippen LogP contribution in [0.15, 0.2) is 18.2 Å². The van der Waals surface area contributed by atoms with Crippen LogP contribution >= 0.6 is 0 Å². The van der Waals surface area contributed by atoms with Crippen LogP contribution in [0.5, 0.6) is 5.75 Å². The third-order valence-corrected chi connectivity index (χ3v) is 3.43. The van der Waals surface area contributed by atoms with Gasteiger partial charge < -0.3 is 14.4 Å². The normalized spacial score (nSPS) is 12.8. The topological polar surface area (TPSA) is 55.8 Å². The van der Waals surface area contributed by atoms with Gasteiger partial charge in [0.1, 0.15) is 12.3 Å². The van der Waals surface area contributed by atoms with Crippen molar-refractivity contribution in [2.45, 2.75) is 33.2 Å². The van der Waals surface area contributed by atoms with E-state index in [1.165, 1.54) is 4.90 Å². The first-order chi connectivity index (χ1) is 10.0. The fourth-order valence-corrected chi connectivity index (χ4v) is 2.32. The molecule has 0 unspecified atom stereocenters. The van der Waals surface area contributed by atoms with Crippen LogP contribution in [0.25, 0.3) is 0 Å². The molecule has 1 aromatic carbocycles. The fourth-order valence-electron chi connectivity index (χ4n) is 2.32. The molecule has 0 bridgehead atoms. The van der Waals surface area contributed by atoms with E-state index in [9.17, 15) is 9.59 Å². The molecule has 0 aromatic heterocycles. The summed E-state index contributed by atoms with van der Waals surface area (Å²) in [5.41, 5.74) is 1.62. The standard InChI is InChI=1S/C16H21NO4/c1-4-20-15(18)10-17(11(2)3)16(19)13-5-6-14-12(9-13)7-8-21-14/h5-6,9,11H,4,7-8,10H2,1-3H3. The van der Waals surface area contributed by atoms with Crippen LogP contribution in [0.2, 0.25) is 0 Å². The molecule has 0 fully saturated rings. The first-order valence-electron chi connectivity index (χ1n) is 7.25. The van der Waals surface area contributed by atoms with Crippen LogP contribution in [0.4, 0.5) is 0 Å². The number of fused-ring (bicyclic) bond motifs is 1. The summed E-state index contributed by atoms with van der Waals surface area (Å²) in [5, 5.41) is 0. The van der Waals surface area contributed by atoms with Gasteiger partial charge >= 0.3 is 5.97 Å². The molecule has 0 N–H and O–H groups in total. The molecule has 0 radical (unpaired) electrons. The molecule has 114 valence electrons. The van der Waals surface area contributed by atoms with Gasteiger partial charge in [0.2, 0.25) is 0 Å². The van der Waals surface area contributed by atoms with E-state index < -0.39 is 0 Å². The average Bonchev–Trinajstić information content (AvgIpc) is 2.91. The highest BCUT2D eigenvalue weighted by atomic mass is 16.5. The van der Waals surface area contributed by atoms with E-state index >= 15 is 0 Å². The molecule has 5 heteroatoms. The van der Waals surface area contributed by atoms with Crippen molar-refractivity contribution >= 4 is 11.9 Å². The fraction of sp³-hybridized carbons (Fsp3) is 0.500. The van der Waals surface area contributed by atoms with Gasteiger partial charge in [0.15, 0.2) is 0 Å². The Morgan fingerprint density at radius 1 is 1.38 bits per heavy atom. The molecule has 5 nitrogen and oxygen atoms in total. The molecule has 1 aliphatic heterocycles. The SMILES string of the molecule is CCOC(=O)CN(C(=O)c1ccc2c(c1)CCO2)C(C)C. The zero-order valence-electron chi connectivity index (χ0n) is 12.7. The zero-order valence-corrected chi connectivity index (χ0v) is 12.7. The monoisotopic (exact) mass is 291 g/mol. The van der Waals surface area contributed by atoms with Crippen LogP contribution in [0, 0.1) is 0 Å². The Morgan fingerprint density at radius 2 is 2.14 bits per heavy atom. The van der Waals surface area contributed by atoms with E-state index in [0.29, 0.717) is 18.8 Å². The van der Waals surface area contributed by atoms with Crippen molar-refractivity contribution < 1.29 is 19.1 Å². The smallest absolute Gasteiger partial charge is 0.325 e. The van der Waals surface area contributed by atoms with Crippen LogP contribution in [-0.2, 0) is 16.0 Å². The first kappa shape index (κ1) is 15.4. The Hall–Kier alpha value is -2.04. The number of carbonyl (C=O) groups is 2. The van der Waals surface area contributed by atoms with Gasteiger partial charge in [0.05, 0.1) is 13.2 Å². The number of esters is 1. The van der Waals surface area contributed by atoms with E-state index in [2.05, 4.69) is 0 Å². The average molecular weight is 291 g/mol. The lowest BCUT2D eigenvalue weighted by Gasteiger charge is -2.26. The number of ether oxygens (including phenoxy) is 2. The van der Waals surface area contributed by atoms with Crippen molar-refractivity contribution in [1.82, 2.24) is 4.90 Å². The van der Waals surface area contributed by atoms with Crippen LogP contribution in [-0.4, -0.2) is 42.6 Å². The van der Waals surface area contributed by atoms with E-state index in [0.717, 1.165) is 17.7 Å². The Balaban J connectivity index is 2.16. The minimum Gasteiger partial charge on any atom is -0.493 e. The molecule has 1 aromatic rings. The molecule has 0 saturated heterocycles. The molecule has 0 aliphatic carbocycles. The predicted molar refractivity (Wildman–Crippen MR) is 78.4 cm³/mol. The second-order valence-corrected chi connectivity index (χ2v) is 5.25. The van der Waals surface area contributed by atoms with Crippen molar-refractivity contribution in [3.63, 3.8) is 0 Å². The van der Waals surface area contributed by atoms with Gasteiger partial charge in [-0.1, -0.05) is 0 Å². The molecule has 0 saturated carbocycles. The maximum Gasteiger partial charge on any atom is 0.325 e. The molecule has 0 atom stereocenters. The van der Waals surface area contributed by atoms with Crippen LogP contribution < -0.4 is 4.74 Å². The van der Waals surface area contributed by atoms with Crippen molar-refractivity contribution in [1.29, 1.82) is 0 Å². The van der Waals surface area contributed by atoms with Crippen molar-refractivity contribution in [2.24, 2.45) is 0 Å². The molecule has 1 heterocycles. The van der Waals surface area contributed by atoms with Crippen LogP contribution in [0.3, 0.4) is 0 Å². The lowest BCUT2D eigenvalue weighted by atomic mass is 10.1. The third kappa shape index (κ3) is 3.54. The number of benzene rings is 1.